The quantitative estimate of drug-likeness (QED) is 0.563. The van der Waals surface area contributed by atoms with Crippen LogP contribution in [0.2, 0.25) is 0 Å². The fourth-order valence-corrected chi connectivity index (χ4v) is 3.77. The number of aromatic nitrogens is 3. The first kappa shape index (κ1) is 17.4. The summed E-state index contributed by atoms with van der Waals surface area (Å²) in [6, 6.07) is 10.3. The summed E-state index contributed by atoms with van der Waals surface area (Å²) in [4.78, 5) is 21.3. The first-order valence-electron chi connectivity index (χ1n) is 8.58. The molecule has 1 aromatic carbocycles. The van der Waals surface area contributed by atoms with Gasteiger partial charge in [-0.15, -0.1) is 11.3 Å². The minimum absolute atomic E-state index is 0.122. The first-order chi connectivity index (χ1) is 13.2. The van der Waals surface area contributed by atoms with Gasteiger partial charge in [0.25, 0.3) is 5.91 Å². The van der Waals surface area contributed by atoms with Crippen LogP contribution in [0.25, 0.3) is 21.6 Å². The van der Waals surface area contributed by atoms with Crippen molar-refractivity contribution in [1.29, 1.82) is 0 Å². The van der Waals surface area contributed by atoms with Gasteiger partial charge in [-0.2, -0.15) is 0 Å². The lowest BCUT2D eigenvalue weighted by molar-refractivity contribution is 0.0946. The van der Waals surface area contributed by atoms with Gasteiger partial charge in [-0.05, 0) is 25.1 Å². The lowest BCUT2D eigenvalue weighted by atomic mass is 10.2. The van der Waals surface area contributed by atoms with Gasteiger partial charge in [0.2, 0.25) is 0 Å². The molecule has 0 saturated carbocycles. The number of halogens is 1. The summed E-state index contributed by atoms with van der Waals surface area (Å²) in [6.07, 6.45) is 3.78. The molecule has 136 valence electrons. The number of nitrogens with zero attached hydrogens (tertiary/aromatic N) is 3. The first-order valence-corrected chi connectivity index (χ1v) is 9.46. The number of pyridine rings is 1. The summed E-state index contributed by atoms with van der Waals surface area (Å²) >= 11 is 1.41. The predicted molar refractivity (Wildman–Crippen MR) is 104 cm³/mol. The number of hydrogen-bond acceptors (Lipinski definition) is 4. The van der Waals surface area contributed by atoms with E-state index in [1.165, 1.54) is 17.4 Å². The van der Waals surface area contributed by atoms with Crippen molar-refractivity contribution in [2.24, 2.45) is 0 Å². The van der Waals surface area contributed by atoms with Crippen molar-refractivity contribution in [3.63, 3.8) is 0 Å². The SMILES string of the molecule is CCn1cc(-c2nc(C(=O)NCc3ccccc3F)cs2)c2cccnc21. The number of thiazole rings is 1. The summed E-state index contributed by atoms with van der Waals surface area (Å²) in [5.41, 5.74) is 2.62. The lowest BCUT2D eigenvalue weighted by Gasteiger charge is -2.04. The smallest absolute Gasteiger partial charge is 0.271 e. The van der Waals surface area contributed by atoms with Crippen molar-refractivity contribution in [3.8, 4) is 10.6 Å². The summed E-state index contributed by atoms with van der Waals surface area (Å²) in [7, 11) is 0. The highest BCUT2D eigenvalue weighted by Crippen LogP contribution is 2.31. The molecule has 0 radical (unpaired) electrons. The highest BCUT2D eigenvalue weighted by Gasteiger charge is 2.16. The van der Waals surface area contributed by atoms with Crippen LogP contribution in [0.4, 0.5) is 4.39 Å². The minimum Gasteiger partial charge on any atom is -0.346 e. The van der Waals surface area contributed by atoms with E-state index >= 15 is 0 Å². The Kier molecular flexibility index (Phi) is 4.68. The number of carbonyl (C=O) groups is 1. The number of hydrogen-bond donors (Lipinski definition) is 1. The average molecular weight is 380 g/mol. The van der Waals surface area contributed by atoms with E-state index < -0.39 is 0 Å². The van der Waals surface area contributed by atoms with E-state index in [0.29, 0.717) is 11.3 Å². The summed E-state index contributed by atoms with van der Waals surface area (Å²) in [5, 5.41) is 6.21. The average Bonchev–Trinajstić information content (AvgIpc) is 3.32. The lowest BCUT2D eigenvalue weighted by Crippen LogP contribution is -2.23. The van der Waals surface area contributed by atoms with E-state index in [0.717, 1.165) is 28.1 Å². The maximum atomic E-state index is 13.7. The maximum absolute atomic E-state index is 13.7. The Morgan fingerprint density at radius 1 is 1.26 bits per heavy atom. The van der Waals surface area contributed by atoms with Crippen LogP contribution in [0.15, 0.2) is 54.2 Å². The van der Waals surface area contributed by atoms with E-state index in [1.54, 1.807) is 29.8 Å². The third kappa shape index (κ3) is 3.33. The van der Waals surface area contributed by atoms with E-state index in [-0.39, 0.29) is 18.3 Å². The Hall–Kier alpha value is -3.06. The van der Waals surface area contributed by atoms with E-state index in [4.69, 9.17) is 0 Å². The zero-order valence-corrected chi connectivity index (χ0v) is 15.5. The molecule has 0 spiro atoms. The van der Waals surface area contributed by atoms with Crippen LogP contribution in [-0.2, 0) is 13.1 Å². The zero-order valence-electron chi connectivity index (χ0n) is 14.6. The van der Waals surface area contributed by atoms with Crippen molar-refractivity contribution < 1.29 is 9.18 Å². The second kappa shape index (κ2) is 7.28. The number of aryl methyl sites for hydroxylation is 1. The van der Waals surface area contributed by atoms with Gasteiger partial charge in [-0.1, -0.05) is 18.2 Å². The van der Waals surface area contributed by atoms with Gasteiger partial charge in [0.15, 0.2) is 0 Å². The van der Waals surface area contributed by atoms with Crippen LogP contribution in [-0.4, -0.2) is 20.4 Å². The van der Waals surface area contributed by atoms with Gasteiger partial charge in [0.1, 0.15) is 22.2 Å². The molecule has 0 fully saturated rings. The summed E-state index contributed by atoms with van der Waals surface area (Å²) in [5.74, 6) is -0.658. The van der Waals surface area contributed by atoms with Crippen molar-refractivity contribution in [1.82, 2.24) is 19.9 Å². The Morgan fingerprint density at radius 2 is 2.11 bits per heavy atom. The molecule has 7 heteroatoms. The Labute approximate surface area is 159 Å². The molecule has 5 nitrogen and oxygen atoms in total. The van der Waals surface area contributed by atoms with Crippen LogP contribution in [0.1, 0.15) is 23.0 Å². The monoisotopic (exact) mass is 380 g/mol. The molecule has 27 heavy (non-hydrogen) atoms. The zero-order chi connectivity index (χ0) is 18.8. The van der Waals surface area contributed by atoms with Crippen LogP contribution >= 0.6 is 11.3 Å². The molecule has 3 aromatic heterocycles. The number of amides is 1. The minimum atomic E-state index is -0.336. The number of fused-ring (bicyclic) bond motifs is 1. The highest BCUT2D eigenvalue weighted by atomic mass is 32.1. The molecular weight excluding hydrogens is 363 g/mol. The molecular formula is C20H17FN4OS. The molecule has 0 aliphatic carbocycles. The third-order valence-corrected chi connectivity index (χ3v) is 5.21. The number of rotatable bonds is 5. The molecule has 0 aliphatic heterocycles. The van der Waals surface area contributed by atoms with Gasteiger partial charge >= 0.3 is 0 Å². The van der Waals surface area contributed by atoms with Gasteiger partial charge < -0.3 is 9.88 Å². The molecule has 0 unspecified atom stereocenters. The largest absolute Gasteiger partial charge is 0.346 e. The fourth-order valence-electron chi connectivity index (χ4n) is 2.94. The maximum Gasteiger partial charge on any atom is 0.271 e. The van der Waals surface area contributed by atoms with Crippen LogP contribution in [0.5, 0.6) is 0 Å². The standard InChI is InChI=1S/C20H17FN4OS/c1-2-25-11-15(14-7-5-9-22-18(14)25)20-24-17(12-27-20)19(26)23-10-13-6-3-4-8-16(13)21/h3-9,11-12H,2,10H2,1H3,(H,23,26). The van der Waals surface area contributed by atoms with Gasteiger partial charge in [-0.3, -0.25) is 4.79 Å². The van der Waals surface area contributed by atoms with Crippen molar-refractivity contribution in [2.75, 3.05) is 0 Å². The third-order valence-electron chi connectivity index (χ3n) is 4.34. The van der Waals surface area contributed by atoms with E-state index in [2.05, 4.69) is 26.8 Å². The van der Waals surface area contributed by atoms with Crippen molar-refractivity contribution in [2.45, 2.75) is 20.0 Å². The van der Waals surface area contributed by atoms with Crippen molar-refractivity contribution in [3.05, 3.63) is 71.2 Å². The summed E-state index contributed by atoms with van der Waals surface area (Å²) < 4.78 is 15.7. The molecule has 3 heterocycles. The topological polar surface area (TPSA) is 59.8 Å². The molecule has 0 aliphatic rings. The molecule has 1 N–H and O–H groups in total. The second-order valence-electron chi connectivity index (χ2n) is 6.02. The molecule has 0 atom stereocenters. The predicted octanol–water partition coefficient (Wildman–Crippen LogP) is 4.25. The highest BCUT2D eigenvalue weighted by molar-refractivity contribution is 7.13. The Balaban J connectivity index is 1.57. The number of benzene rings is 1. The molecule has 4 rings (SSSR count). The van der Waals surface area contributed by atoms with Gasteiger partial charge in [0.05, 0.1) is 0 Å². The molecule has 0 bridgehead atoms. The molecule has 0 saturated heterocycles. The number of carbonyl (C=O) groups excluding carboxylic acids is 1. The van der Waals surface area contributed by atoms with E-state index in [1.807, 2.05) is 18.3 Å². The van der Waals surface area contributed by atoms with E-state index in [9.17, 15) is 9.18 Å². The van der Waals surface area contributed by atoms with Gasteiger partial charge in [0, 0.05) is 47.4 Å². The molecule has 1 amide bonds. The van der Waals surface area contributed by atoms with Crippen LogP contribution in [0, 0.1) is 5.82 Å². The van der Waals surface area contributed by atoms with Crippen LogP contribution in [0.3, 0.4) is 0 Å². The second-order valence-corrected chi connectivity index (χ2v) is 6.87. The Morgan fingerprint density at radius 3 is 2.93 bits per heavy atom. The Bertz CT molecular complexity index is 1120. The van der Waals surface area contributed by atoms with Crippen molar-refractivity contribution >= 4 is 28.3 Å². The summed E-state index contributed by atoms with van der Waals surface area (Å²) in [6.45, 7) is 2.98. The number of nitrogens with one attached hydrogen (secondary N) is 1. The normalized spacial score (nSPS) is 11.0. The van der Waals surface area contributed by atoms with Crippen LogP contribution < -0.4 is 5.32 Å². The van der Waals surface area contributed by atoms with Gasteiger partial charge in [-0.25, -0.2) is 14.4 Å². The fraction of sp³-hybridized carbons (Fsp3) is 0.150. The molecule has 4 aromatic rings.